The van der Waals surface area contributed by atoms with Gasteiger partial charge in [0.1, 0.15) is 5.82 Å². The van der Waals surface area contributed by atoms with Crippen molar-refractivity contribution in [2.75, 3.05) is 31.5 Å². The van der Waals surface area contributed by atoms with Crippen molar-refractivity contribution in [3.05, 3.63) is 42.1 Å². The molecule has 3 rings (SSSR count). The number of amides is 2. The minimum Gasteiger partial charge on any atom is -0.356 e. The Kier molecular flexibility index (Phi) is 6.92. The number of hydrogen-bond acceptors (Lipinski definition) is 4. The summed E-state index contributed by atoms with van der Waals surface area (Å²) in [5.41, 5.74) is 1.68. The molecule has 7 heteroatoms. The summed E-state index contributed by atoms with van der Waals surface area (Å²) < 4.78 is 1.78. The Balaban J connectivity index is 1.72. The molecule has 2 aromatic rings. The Hall–Kier alpha value is -2.67. The second kappa shape index (κ2) is 9.43. The first-order chi connectivity index (χ1) is 14.3. The molecule has 0 saturated carbocycles. The molecule has 30 heavy (non-hydrogen) atoms. The molecule has 2 amide bonds. The Morgan fingerprint density at radius 3 is 2.60 bits per heavy atom. The highest BCUT2D eigenvalue weighted by molar-refractivity contribution is 5.92. The molecule has 0 bridgehead atoms. The molecule has 7 nitrogen and oxygen atoms in total. The Bertz CT molecular complexity index is 869. The molecule has 1 aromatic carbocycles. The fraction of sp³-hybridized carbons (Fsp3) is 0.522. The summed E-state index contributed by atoms with van der Waals surface area (Å²) in [7, 11) is 0. The van der Waals surface area contributed by atoms with Crippen LogP contribution in [0.2, 0.25) is 0 Å². The Labute approximate surface area is 178 Å². The van der Waals surface area contributed by atoms with Crippen molar-refractivity contribution >= 4 is 17.6 Å². The number of para-hydroxylation sites is 1. The maximum Gasteiger partial charge on any atom is 0.239 e. The fourth-order valence-electron chi connectivity index (χ4n) is 3.72. The van der Waals surface area contributed by atoms with Gasteiger partial charge in [0, 0.05) is 24.6 Å². The molecule has 0 spiro atoms. The van der Waals surface area contributed by atoms with E-state index in [4.69, 9.17) is 5.10 Å². The van der Waals surface area contributed by atoms with Crippen molar-refractivity contribution in [1.82, 2.24) is 20.0 Å². The highest BCUT2D eigenvalue weighted by Gasteiger charge is 2.27. The number of benzene rings is 1. The van der Waals surface area contributed by atoms with Crippen LogP contribution in [-0.2, 0) is 15.0 Å². The number of anilines is 1. The molecule has 1 aromatic heterocycles. The number of nitrogens with one attached hydrogen (secondary N) is 2. The highest BCUT2D eigenvalue weighted by atomic mass is 16.2. The molecule has 1 atom stereocenters. The molecule has 1 aliphatic rings. The first-order valence-corrected chi connectivity index (χ1v) is 10.7. The third-order valence-electron chi connectivity index (χ3n) is 5.34. The molecular weight excluding hydrogens is 378 g/mol. The van der Waals surface area contributed by atoms with E-state index in [0.717, 1.165) is 30.8 Å². The molecule has 1 saturated heterocycles. The molecule has 1 unspecified atom stereocenters. The van der Waals surface area contributed by atoms with Crippen LogP contribution in [0.3, 0.4) is 0 Å². The fourth-order valence-corrected chi connectivity index (χ4v) is 3.72. The SMILES string of the molecule is CCNC(=O)C1CCCN(CC(=O)Nc2cc(C(C)(C)C)nn2-c2ccccc2)C1. The van der Waals surface area contributed by atoms with E-state index in [0.29, 0.717) is 18.9 Å². The van der Waals surface area contributed by atoms with Crippen LogP contribution in [0.1, 0.15) is 46.2 Å². The van der Waals surface area contributed by atoms with Gasteiger partial charge in [-0.2, -0.15) is 5.10 Å². The molecule has 2 heterocycles. The van der Waals surface area contributed by atoms with E-state index in [2.05, 4.69) is 36.3 Å². The second-order valence-electron chi connectivity index (χ2n) is 8.93. The van der Waals surface area contributed by atoms with Crippen molar-refractivity contribution in [3.63, 3.8) is 0 Å². The lowest BCUT2D eigenvalue weighted by Gasteiger charge is -2.31. The summed E-state index contributed by atoms with van der Waals surface area (Å²) in [4.78, 5) is 27.1. The third kappa shape index (κ3) is 5.48. The van der Waals surface area contributed by atoms with E-state index < -0.39 is 0 Å². The van der Waals surface area contributed by atoms with Crippen LogP contribution in [0.15, 0.2) is 36.4 Å². The van der Waals surface area contributed by atoms with Crippen LogP contribution < -0.4 is 10.6 Å². The maximum absolute atomic E-state index is 12.8. The lowest BCUT2D eigenvalue weighted by atomic mass is 9.92. The van der Waals surface area contributed by atoms with Crippen LogP contribution in [0, 0.1) is 5.92 Å². The summed E-state index contributed by atoms with van der Waals surface area (Å²) in [6.07, 6.45) is 1.80. The van der Waals surface area contributed by atoms with Crippen molar-refractivity contribution in [3.8, 4) is 5.69 Å². The third-order valence-corrected chi connectivity index (χ3v) is 5.34. The van der Waals surface area contributed by atoms with E-state index in [9.17, 15) is 9.59 Å². The maximum atomic E-state index is 12.8. The zero-order valence-electron chi connectivity index (χ0n) is 18.4. The number of rotatable bonds is 6. The number of carbonyl (C=O) groups is 2. The number of likely N-dealkylation sites (tertiary alicyclic amines) is 1. The molecule has 0 aliphatic carbocycles. The van der Waals surface area contributed by atoms with Gasteiger partial charge in [-0.15, -0.1) is 0 Å². The van der Waals surface area contributed by atoms with Crippen molar-refractivity contribution in [2.45, 2.75) is 46.0 Å². The average Bonchev–Trinajstić information content (AvgIpc) is 3.13. The van der Waals surface area contributed by atoms with E-state index in [1.54, 1.807) is 4.68 Å². The number of aromatic nitrogens is 2. The minimum atomic E-state index is -0.133. The lowest BCUT2D eigenvalue weighted by Crippen LogP contribution is -2.45. The molecule has 162 valence electrons. The van der Waals surface area contributed by atoms with Crippen LogP contribution in [0.5, 0.6) is 0 Å². The molecule has 1 fully saturated rings. The van der Waals surface area contributed by atoms with Gasteiger partial charge >= 0.3 is 0 Å². The van der Waals surface area contributed by atoms with Crippen LogP contribution >= 0.6 is 0 Å². The lowest BCUT2D eigenvalue weighted by molar-refractivity contribution is -0.127. The van der Waals surface area contributed by atoms with E-state index in [1.165, 1.54) is 0 Å². The summed E-state index contributed by atoms with van der Waals surface area (Å²) in [6.45, 7) is 10.6. The Morgan fingerprint density at radius 2 is 1.93 bits per heavy atom. The standard InChI is InChI=1S/C23H33N5O2/c1-5-24-22(30)17-10-9-13-27(15-17)16-21(29)25-20-14-19(23(2,3)4)26-28(20)18-11-7-6-8-12-18/h6-8,11-12,14,17H,5,9-10,13,15-16H2,1-4H3,(H,24,30)(H,25,29). The van der Waals surface area contributed by atoms with Crippen molar-refractivity contribution in [1.29, 1.82) is 0 Å². The topological polar surface area (TPSA) is 79.3 Å². The monoisotopic (exact) mass is 411 g/mol. The zero-order chi connectivity index (χ0) is 21.7. The van der Waals surface area contributed by atoms with E-state index >= 15 is 0 Å². The second-order valence-corrected chi connectivity index (χ2v) is 8.93. The summed E-state index contributed by atoms with van der Waals surface area (Å²) in [5.74, 6) is 0.603. The van der Waals surface area contributed by atoms with Gasteiger partial charge in [0.25, 0.3) is 0 Å². The van der Waals surface area contributed by atoms with Gasteiger partial charge in [0.15, 0.2) is 0 Å². The quantitative estimate of drug-likeness (QED) is 0.766. The largest absolute Gasteiger partial charge is 0.356 e. The normalized spacial score (nSPS) is 17.5. The summed E-state index contributed by atoms with van der Waals surface area (Å²) >= 11 is 0. The van der Waals surface area contributed by atoms with Gasteiger partial charge in [-0.25, -0.2) is 4.68 Å². The first kappa shape index (κ1) is 22.0. The van der Waals surface area contributed by atoms with E-state index in [1.807, 2.05) is 43.3 Å². The number of nitrogens with zero attached hydrogens (tertiary/aromatic N) is 3. The minimum absolute atomic E-state index is 0.0474. The predicted molar refractivity (Wildman–Crippen MR) is 119 cm³/mol. The van der Waals surface area contributed by atoms with Crippen molar-refractivity contribution < 1.29 is 9.59 Å². The molecular formula is C23H33N5O2. The van der Waals surface area contributed by atoms with E-state index in [-0.39, 0.29) is 29.7 Å². The summed E-state index contributed by atoms with van der Waals surface area (Å²) in [6, 6.07) is 11.7. The Morgan fingerprint density at radius 1 is 1.20 bits per heavy atom. The van der Waals surface area contributed by atoms with Crippen LogP contribution in [-0.4, -0.2) is 52.7 Å². The first-order valence-electron chi connectivity index (χ1n) is 10.7. The molecule has 0 radical (unpaired) electrons. The van der Waals surface area contributed by atoms with Gasteiger partial charge in [0.05, 0.1) is 23.8 Å². The van der Waals surface area contributed by atoms with Gasteiger partial charge in [-0.05, 0) is 38.4 Å². The highest BCUT2D eigenvalue weighted by Crippen LogP contribution is 2.26. The number of piperidine rings is 1. The van der Waals surface area contributed by atoms with Gasteiger partial charge < -0.3 is 10.6 Å². The number of carbonyl (C=O) groups excluding carboxylic acids is 2. The van der Waals surface area contributed by atoms with Crippen LogP contribution in [0.25, 0.3) is 5.69 Å². The average molecular weight is 412 g/mol. The van der Waals surface area contributed by atoms with Crippen molar-refractivity contribution in [2.24, 2.45) is 5.92 Å². The van der Waals surface area contributed by atoms with Gasteiger partial charge in [-0.3, -0.25) is 14.5 Å². The predicted octanol–water partition coefficient (Wildman–Crippen LogP) is 2.96. The van der Waals surface area contributed by atoms with Gasteiger partial charge in [0.2, 0.25) is 11.8 Å². The number of hydrogen-bond donors (Lipinski definition) is 2. The van der Waals surface area contributed by atoms with Gasteiger partial charge in [-0.1, -0.05) is 39.0 Å². The summed E-state index contributed by atoms with van der Waals surface area (Å²) in [5, 5.41) is 10.7. The van der Waals surface area contributed by atoms with Crippen LogP contribution in [0.4, 0.5) is 5.82 Å². The molecule has 2 N–H and O–H groups in total. The molecule has 1 aliphatic heterocycles. The zero-order valence-corrected chi connectivity index (χ0v) is 18.4. The smallest absolute Gasteiger partial charge is 0.239 e.